The van der Waals surface area contributed by atoms with E-state index in [1.807, 2.05) is 0 Å². The molecule has 2 unspecified atom stereocenters. The van der Waals surface area contributed by atoms with Crippen LogP contribution in [0.1, 0.15) is 38.0 Å². The molecule has 0 N–H and O–H groups in total. The molecule has 0 amide bonds. The largest absolute Gasteiger partial charge is 0.461 e. The Morgan fingerprint density at radius 2 is 1.05 bits per heavy atom. The van der Waals surface area contributed by atoms with Crippen LogP contribution in [0.2, 0.25) is 0 Å². The van der Waals surface area contributed by atoms with Crippen LogP contribution in [0.5, 0.6) is 0 Å². The molecule has 9 heteroatoms. The van der Waals surface area contributed by atoms with Gasteiger partial charge in [-0.3, -0.25) is 4.79 Å². The van der Waals surface area contributed by atoms with Gasteiger partial charge in [0.1, 0.15) is 6.61 Å². The van der Waals surface area contributed by atoms with Gasteiger partial charge in [0.05, 0.1) is 21.9 Å². The normalized spacial score (nSPS) is 20.5. The lowest BCUT2D eigenvalue weighted by molar-refractivity contribution is -0.148. The highest BCUT2D eigenvalue weighted by Gasteiger charge is 2.51. The van der Waals surface area contributed by atoms with Crippen molar-refractivity contribution in [1.82, 2.24) is 0 Å². The van der Waals surface area contributed by atoms with Crippen LogP contribution in [0.4, 0.5) is 0 Å². The van der Waals surface area contributed by atoms with Crippen molar-refractivity contribution in [2.75, 3.05) is 6.61 Å². The van der Waals surface area contributed by atoms with E-state index in [1.54, 1.807) is 91.0 Å². The average Bonchev–Trinajstić information content (AvgIpc) is 3.23. The molecule has 190 valence electrons. The van der Waals surface area contributed by atoms with Crippen molar-refractivity contribution in [3.8, 4) is 0 Å². The Hall–Kier alpha value is -4.11. The molecule has 3 aromatic rings. The van der Waals surface area contributed by atoms with E-state index in [-0.39, 0.29) is 17.7 Å². The van der Waals surface area contributed by atoms with E-state index in [4.69, 9.17) is 18.9 Å². The second-order valence-corrected chi connectivity index (χ2v) is 9.43. The summed E-state index contributed by atoms with van der Waals surface area (Å²) in [4.78, 5) is 50.2. The summed E-state index contributed by atoms with van der Waals surface area (Å²) in [7, 11) is 0. The number of thioether (sulfide) groups is 1. The molecule has 37 heavy (non-hydrogen) atoms. The number of benzene rings is 3. The Morgan fingerprint density at radius 3 is 1.51 bits per heavy atom. The summed E-state index contributed by atoms with van der Waals surface area (Å²) >= 11 is 1.09. The van der Waals surface area contributed by atoms with Crippen molar-refractivity contribution >= 4 is 35.6 Å². The molecule has 3 aromatic carbocycles. The minimum Gasteiger partial charge on any atom is -0.461 e. The van der Waals surface area contributed by atoms with E-state index in [2.05, 4.69) is 0 Å². The quantitative estimate of drug-likeness (QED) is 0.317. The third-order valence-electron chi connectivity index (χ3n) is 5.44. The maximum Gasteiger partial charge on any atom is 0.338 e. The molecule has 0 bridgehead atoms. The van der Waals surface area contributed by atoms with Crippen molar-refractivity contribution in [1.29, 1.82) is 0 Å². The second-order valence-electron chi connectivity index (χ2n) is 8.09. The van der Waals surface area contributed by atoms with Gasteiger partial charge in [-0.25, -0.2) is 14.4 Å². The summed E-state index contributed by atoms with van der Waals surface area (Å²) < 4.78 is 22.4. The van der Waals surface area contributed by atoms with Gasteiger partial charge in [-0.2, -0.15) is 0 Å². The first-order valence-electron chi connectivity index (χ1n) is 11.5. The van der Waals surface area contributed by atoms with Gasteiger partial charge in [0, 0.05) is 6.92 Å². The summed E-state index contributed by atoms with van der Waals surface area (Å²) in [5.41, 5.74) is -0.0659. The van der Waals surface area contributed by atoms with Crippen molar-refractivity contribution < 1.29 is 38.1 Å². The molecule has 0 radical (unpaired) electrons. The number of esters is 4. The van der Waals surface area contributed by atoms with Gasteiger partial charge >= 0.3 is 23.9 Å². The number of carbonyl (C=O) groups excluding carboxylic acids is 4. The van der Waals surface area contributed by atoms with Gasteiger partial charge in [-0.05, 0) is 36.4 Å². The Morgan fingerprint density at radius 1 is 0.622 bits per heavy atom. The van der Waals surface area contributed by atoms with E-state index >= 15 is 0 Å². The van der Waals surface area contributed by atoms with E-state index in [0.29, 0.717) is 5.56 Å². The first-order valence-corrected chi connectivity index (χ1v) is 12.4. The van der Waals surface area contributed by atoms with E-state index in [9.17, 15) is 19.2 Å². The Kier molecular flexibility index (Phi) is 8.58. The third kappa shape index (κ3) is 6.77. The lowest BCUT2D eigenvalue weighted by atomic mass is 10.1. The van der Waals surface area contributed by atoms with E-state index in [1.165, 1.54) is 6.92 Å². The molecule has 0 saturated carbocycles. The molecular formula is C28H24O8S. The number of carbonyl (C=O) groups is 4. The highest BCUT2D eigenvalue weighted by molar-refractivity contribution is 8.00. The lowest BCUT2D eigenvalue weighted by Gasteiger charge is -2.25. The van der Waals surface area contributed by atoms with Gasteiger partial charge in [0.25, 0.3) is 0 Å². The van der Waals surface area contributed by atoms with E-state index < -0.39 is 46.8 Å². The summed E-state index contributed by atoms with van der Waals surface area (Å²) in [5.74, 6) is -2.50. The van der Waals surface area contributed by atoms with E-state index in [0.717, 1.165) is 11.8 Å². The van der Waals surface area contributed by atoms with Gasteiger partial charge in [0.2, 0.25) is 0 Å². The van der Waals surface area contributed by atoms with Gasteiger partial charge in [-0.1, -0.05) is 54.6 Å². The average molecular weight is 521 g/mol. The zero-order valence-electron chi connectivity index (χ0n) is 19.9. The number of rotatable bonds is 8. The molecule has 0 aromatic heterocycles. The number of hydrogen-bond acceptors (Lipinski definition) is 9. The standard InChI is InChI=1S/C28H24O8S/c1-18(29)34-28-24(36-27(32)21-15-9-4-10-16-21)23(35-26(31)20-13-7-3-8-14-20)22(37-28)17-33-25(30)19-11-5-2-6-12-19/h2-16,22-24,28H,17H2,1H3/t22-,23+,24?,28?/m1/s1. The van der Waals surface area contributed by atoms with Gasteiger partial charge < -0.3 is 18.9 Å². The summed E-state index contributed by atoms with van der Waals surface area (Å²) in [5, 5.41) is -0.682. The second kappa shape index (κ2) is 12.2. The number of hydrogen-bond donors (Lipinski definition) is 0. The predicted molar refractivity (Wildman–Crippen MR) is 135 cm³/mol. The third-order valence-corrected chi connectivity index (χ3v) is 6.83. The monoisotopic (exact) mass is 520 g/mol. The molecule has 1 fully saturated rings. The topological polar surface area (TPSA) is 105 Å². The minimum absolute atomic E-state index is 0.178. The lowest BCUT2D eigenvalue weighted by Crippen LogP contribution is -2.42. The Balaban J connectivity index is 1.58. The van der Waals surface area contributed by atoms with Crippen LogP contribution in [0.15, 0.2) is 91.0 Å². The molecule has 0 aliphatic carbocycles. The van der Waals surface area contributed by atoms with Crippen LogP contribution in [0.3, 0.4) is 0 Å². The van der Waals surface area contributed by atoms with Gasteiger partial charge in [0.15, 0.2) is 17.6 Å². The Bertz CT molecular complexity index is 1230. The highest BCUT2D eigenvalue weighted by Crippen LogP contribution is 2.40. The molecule has 1 saturated heterocycles. The Labute approximate surface area is 217 Å². The zero-order valence-corrected chi connectivity index (χ0v) is 20.7. The molecule has 1 heterocycles. The fourth-order valence-electron chi connectivity index (χ4n) is 3.70. The maximum atomic E-state index is 12.9. The first kappa shape index (κ1) is 26.0. The molecule has 4 atom stereocenters. The van der Waals surface area contributed by atoms with Crippen LogP contribution in [0, 0.1) is 0 Å². The van der Waals surface area contributed by atoms with Crippen LogP contribution < -0.4 is 0 Å². The van der Waals surface area contributed by atoms with Gasteiger partial charge in [-0.15, -0.1) is 11.8 Å². The summed E-state index contributed by atoms with van der Waals surface area (Å²) in [6.07, 6.45) is -2.21. The van der Waals surface area contributed by atoms with Crippen LogP contribution in [-0.2, 0) is 23.7 Å². The fraction of sp³-hybridized carbons (Fsp3) is 0.214. The van der Waals surface area contributed by atoms with Crippen molar-refractivity contribution in [2.24, 2.45) is 0 Å². The summed E-state index contributed by atoms with van der Waals surface area (Å²) in [6.45, 7) is 1.05. The molecular weight excluding hydrogens is 496 g/mol. The zero-order chi connectivity index (χ0) is 26.2. The van der Waals surface area contributed by atoms with Crippen molar-refractivity contribution in [2.45, 2.75) is 29.8 Å². The highest BCUT2D eigenvalue weighted by atomic mass is 32.2. The van der Waals surface area contributed by atoms with Crippen LogP contribution in [0.25, 0.3) is 0 Å². The predicted octanol–water partition coefficient (Wildman–Crippen LogP) is 4.30. The van der Waals surface area contributed by atoms with Crippen molar-refractivity contribution in [3.63, 3.8) is 0 Å². The summed E-state index contributed by atoms with van der Waals surface area (Å²) in [6, 6.07) is 25.0. The number of ether oxygens (including phenoxy) is 4. The van der Waals surface area contributed by atoms with Crippen LogP contribution >= 0.6 is 11.8 Å². The smallest absolute Gasteiger partial charge is 0.338 e. The van der Waals surface area contributed by atoms with Crippen LogP contribution in [-0.4, -0.2) is 53.4 Å². The SMILES string of the molecule is CC(=O)OC1S[C@H](COC(=O)c2ccccc2)[C@H](OC(=O)c2ccccc2)C1OC(=O)c1ccccc1. The first-order chi connectivity index (χ1) is 17.9. The fourth-order valence-corrected chi connectivity index (χ4v) is 5.11. The molecule has 1 aliphatic heterocycles. The molecule has 4 rings (SSSR count). The molecule has 1 aliphatic rings. The van der Waals surface area contributed by atoms with Crippen molar-refractivity contribution in [3.05, 3.63) is 108 Å². The maximum absolute atomic E-state index is 12.9. The molecule has 8 nitrogen and oxygen atoms in total. The molecule has 0 spiro atoms. The minimum atomic E-state index is -1.14.